The lowest BCUT2D eigenvalue weighted by molar-refractivity contribution is -0.0949. The van der Waals surface area contributed by atoms with Crippen molar-refractivity contribution in [2.45, 2.75) is 50.3 Å². The first-order chi connectivity index (χ1) is 10.6. The standard InChI is InChI=1S/C18H24O4/c19-13(7-6-12-4-2-1-3-5-12)8-9-14-15-10-18(21)22-17(15)11-16(14)20/h1-5,8-9,13-21H,6-7,10-11H2/b9-8+/t13?,14?,15-,16-,17+,18?/m1/s1. The molecule has 1 saturated carbocycles. The van der Waals surface area contributed by atoms with Gasteiger partial charge in [0.15, 0.2) is 6.29 Å². The molecule has 1 aliphatic carbocycles. The number of aliphatic hydroxyl groups is 3. The van der Waals surface area contributed by atoms with Crippen molar-refractivity contribution in [3.05, 3.63) is 48.0 Å². The number of aryl methyl sites for hydroxylation is 1. The zero-order valence-corrected chi connectivity index (χ0v) is 12.6. The summed E-state index contributed by atoms with van der Waals surface area (Å²) < 4.78 is 5.40. The van der Waals surface area contributed by atoms with Gasteiger partial charge in [0.1, 0.15) is 0 Å². The Morgan fingerprint density at radius 2 is 1.95 bits per heavy atom. The van der Waals surface area contributed by atoms with Gasteiger partial charge in [-0.15, -0.1) is 0 Å². The van der Waals surface area contributed by atoms with Crippen LogP contribution in [0.3, 0.4) is 0 Å². The largest absolute Gasteiger partial charge is 0.392 e. The summed E-state index contributed by atoms with van der Waals surface area (Å²) in [6.45, 7) is 0. The van der Waals surface area contributed by atoms with E-state index in [9.17, 15) is 15.3 Å². The van der Waals surface area contributed by atoms with E-state index in [4.69, 9.17) is 4.74 Å². The summed E-state index contributed by atoms with van der Waals surface area (Å²) in [6.07, 6.45) is 4.59. The van der Waals surface area contributed by atoms with Gasteiger partial charge in [0, 0.05) is 18.8 Å². The summed E-state index contributed by atoms with van der Waals surface area (Å²) in [5.41, 5.74) is 1.21. The van der Waals surface area contributed by atoms with Gasteiger partial charge in [-0.1, -0.05) is 42.5 Å². The zero-order chi connectivity index (χ0) is 15.5. The van der Waals surface area contributed by atoms with Gasteiger partial charge < -0.3 is 20.1 Å². The van der Waals surface area contributed by atoms with Gasteiger partial charge in [-0.05, 0) is 24.3 Å². The van der Waals surface area contributed by atoms with E-state index in [1.807, 2.05) is 24.3 Å². The highest BCUT2D eigenvalue weighted by Crippen LogP contribution is 2.43. The second-order valence-electron chi connectivity index (χ2n) is 6.39. The van der Waals surface area contributed by atoms with Crippen LogP contribution >= 0.6 is 0 Å². The summed E-state index contributed by atoms with van der Waals surface area (Å²) in [5, 5.41) is 29.8. The Morgan fingerprint density at radius 3 is 2.73 bits per heavy atom. The maximum Gasteiger partial charge on any atom is 0.155 e. The number of ether oxygens (including phenoxy) is 1. The maximum atomic E-state index is 10.1. The first-order valence-electron chi connectivity index (χ1n) is 8.05. The van der Waals surface area contributed by atoms with Crippen LogP contribution < -0.4 is 0 Å². The van der Waals surface area contributed by atoms with Crippen LogP contribution in [-0.4, -0.2) is 39.9 Å². The second kappa shape index (κ2) is 6.92. The topological polar surface area (TPSA) is 69.9 Å². The van der Waals surface area contributed by atoms with Gasteiger partial charge in [-0.2, -0.15) is 0 Å². The molecule has 1 aliphatic heterocycles. The first kappa shape index (κ1) is 15.7. The van der Waals surface area contributed by atoms with E-state index in [1.165, 1.54) is 5.56 Å². The molecular formula is C18H24O4. The van der Waals surface area contributed by atoms with Crippen LogP contribution in [0.15, 0.2) is 42.5 Å². The van der Waals surface area contributed by atoms with E-state index in [1.54, 1.807) is 6.08 Å². The predicted molar refractivity (Wildman–Crippen MR) is 83.0 cm³/mol. The monoisotopic (exact) mass is 304 g/mol. The van der Waals surface area contributed by atoms with Crippen LogP contribution in [0.2, 0.25) is 0 Å². The van der Waals surface area contributed by atoms with Gasteiger partial charge in [-0.25, -0.2) is 0 Å². The third-order valence-electron chi connectivity index (χ3n) is 4.82. The van der Waals surface area contributed by atoms with Crippen molar-refractivity contribution < 1.29 is 20.1 Å². The highest BCUT2D eigenvalue weighted by atomic mass is 16.6. The summed E-state index contributed by atoms with van der Waals surface area (Å²) in [5.74, 6) is 0.121. The van der Waals surface area contributed by atoms with Gasteiger partial charge in [0.25, 0.3) is 0 Å². The van der Waals surface area contributed by atoms with E-state index in [2.05, 4.69) is 12.1 Å². The van der Waals surface area contributed by atoms with Crippen LogP contribution in [-0.2, 0) is 11.2 Å². The van der Waals surface area contributed by atoms with E-state index < -0.39 is 18.5 Å². The van der Waals surface area contributed by atoms with Gasteiger partial charge >= 0.3 is 0 Å². The lowest BCUT2D eigenvalue weighted by Crippen LogP contribution is -2.19. The fraction of sp³-hybridized carbons (Fsp3) is 0.556. The molecule has 3 rings (SSSR count). The average molecular weight is 304 g/mol. The molecule has 2 fully saturated rings. The molecule has 22 heavy (non-hydrogen) atoms. The fourth-order valence-electron chi connectivity index (χ4n) is 3.64. The van der Waals surface area contributed by atoms with Crippen LogP contribution in [0, 0.1) is 11.8 Å². The van der Waals surface area contributed by atoms with Crippen LogP contribution in [0.4, 0.5) is 0 Å². The lowest BCUT2D eigenvalue weighted by Gasteiger charge is -2.16. The van der Waals surface area contributed by atoms with Crippen molar-refractivity contribution in [3.63, 3.8) is 0 Å². The molecular weight excluding hydrogens is 280 g/mol. The van der Waals surface area contributed by atoms with Crippen LogP contribution in [0.25, 0.3) is 0 Å². The molecule has 1 saturated heterocycles. The minimum Gasteiger partial charge on any atom is -0.392 e. The number of aliphatic hydroxyl groups excluding tert-OH is 3. The third kappa shape index (κ3) is 3.58. The second-order valence-corrected chi connectivity index (χ2v) is 6.39. The highest BCUT2D eigenvalue weighted by Gasteiger charge is 2.47. The van der Waals surface area contributed by atoms with Crippen molar-refractivity contribution in [2.24, 2.45) is 11.8 Å². The molecule has 2 aliphatic rings. The quantitative estimate of drug-likeness (QED) is 0.723. The van der Waals surface area contributed by atoms with Gasteiger partial charge in [0.05, 0.1) is 18.3 Å². The summed E-state index contributed by atoms with van der Waals surface area (Å²) in [6, 6.07) is 10.1. The summed E-state index contributed by atoms with van der Waals surface area (Å²) >= 11 is 0. The van der Waals surface area contributed by atoms with Gasteiger partial charge in [0.2, 0.25) is 0 Å². The van der Waals surface area contributed by atoms with E-state index in [-0.39, 0.29) is 17.9 Å². The highest BCUT2D eigenvalue weighted by molar-refractivity contribution is 5.15. The molecule has 1 aromatic rings. The first-order valence-corrected chi connectivity index (χ1v) is 8.05. The minimum absolute atomic E-state index is 0.0338. The minimum atomic E-state index is -0.707. The van der Waals surface area contributed by atoms with Crippen LogP contribution in [0.1, 0.15) is 24.8 Å². The van der Waals surface area contributed by atoms with Crippen molar-refractivity contribution in [1.82, 2.24) is 0 Å². The molecule has 0 amide bonds. The van der Waals surface area contributed by atoms with E-state index in [0.29, 0.717) is 19.3 Å². The molecule has 0 aromatic heterocycles. The Balaban J connectivity index is 1.52. The molecule has 4 heteroatoms. The predicted octanol–water partition coefficient (Wildman–Crippen LogP) is 1.64. The van der Waals surface area contributed by atoms with Crippen molar-refractivity contribution in [3.8, 4) is 0 Å². The maximum absolute atomic E-state index is 10.1. The molecule has 1 heterocycles. The fourth-order valence-corrected chi connectivity index (χ4v) is 3.64. The molecule has 0 spiro atoms. The average Bonchev–Trinajstić information content (AvgIpc) is 2.99. The summed E-state index contributed by atoms with van der Waals surface area (Å²) in [4.78, 5) is 0. The normalized spacial score (nSPS) is 35.9. The Labute approximate surface area is 131 Å². The molecule has 0 bridgehead atoms. The Morgan fingerprint density at radius 1 is 1.18 bits per heavy atom. The Kier molecular flexibility index (Phi) is 4.93. The Hall–Kier alpha value is -1.20. The molecule has 120 valence electrons. The number of rotatable bonds is 5. The third-order valence-corrected chi connectivity index (χ3v) is 4.82. The van der Waals surface area contributed by atoms with Crippen molar-refractivity contribution >= 4 is 0 Å². The number of benzene rings is 1. The summed E-state index contributed by atoms with van der Waals surface area (Å²) in [7, 11) is 0. The van der Waals surface area contributed by atoms with E-state index >= 15 is 0 Å². The van der Waals surface area contributed by atoms with Crippen molar-refractivity contribution in [1.29, 1.82) is 0 Å². The van der Waals surface area contributed by atoms with Gasteiger partial charge in [-0.3, -0.25) is 0 Å². The molecule has 1 aromatic carbocycles. The molecule has 3 unspecified atom stereocenters. The SMILES string of the molecule is OC(/C=C/C1[C@H](O)C[C@@H]2OC(O)C[C@H]12)CCc1ccccc1. The van der Waals surface area contributed by atoms with E-state index in [0.717, 1.165) is 6.42 Å². The molecule has 4 nitrogen and oxygen atoms in total. The van der Waals surface area contributed by atoms with Crippen LogP contribution in [0.5, 0.6) is 0 Å². The number of hydrogen-bond donors (Lipinski definition) is 3. The molecule has 3 N–H and O–H groups in total. The smallest absolute Gasteiger partial charge is 0.155 e. The Bertz CT molecular complexity index is 501. The molecule has 6 atom stereocenters. The lowest BCUT2D eigenvalue weighted by atomic mass is 9.91. The number of fused-ring (bicyclic) bond motifs is 1. The van der Waals surface area contributed by atoms with Crippen molar-refractivity contribution in [2.75, 3.05) is 0 Å². The number of hydrogen-bond acceptors (Lipinski definition) is 4. The zero-order valence-electron chi connectivity index (χ0n) is 12.6. The molecule has 0 radical (unpaired) electrons.